The van der Waals surface area contributed by atoms with Gasteiger partial charge in [0.15, 0.2) is 0 Å². The molecule has 35 heavy (non-hydrogen) atoms. The molecule has 0 aliphatic heterocycles. The van der Waals surface area contributed by atoms with Crippen LogP contribution in [0, 0.1) is 56.2 Å². The normalized spacial score (nSPS) is 53.0. The Morgan fingerprint density at radius 2 is 1.49 bits per heavy atom. The minimum atomic E-state index is -0.493. The Hall–Kier alpha value is -1.19. The minimum Gasteiger partial charge on any atom is -0.469 e. The Kier molecular flexibility index (Phi) is 5.41. The van der Waals surface area contributed by atoms with E-state index < -0.39 is 5.41 Å². The Labute approximate surface area is 212 Å². The molecule has 0 heterocycles. The number of fused-ring (bicyclic) bond motifs is 7. The molecule has 196 valence electrons. The highest BCUT2D eigenvalue weighted by molar-refractivity contribution is 5.87. The second-order valence-electron chi connectivity index (χ2n) is 15.3. The van der Waals surface area contributed by atoms with Crippen LogP contribution in [0.3, 0.4) is 0 Å². The van der Waals surface area contributed by atoms with Crippen molar-refractivity contribution in [2.45, 2.75) is 113 Å². The van der Waals surface area contributed by atoms with Crippen LogP contribution in [0.1, 0.15) is 113 Å². The van der Waals surface area contributed by atoms with E-state index >= 15 is 0 Å². The highest BCUT2D eigenvalue weighted by atomic mass is 16.5. The maximum Gasteiger partial charge on any atom is 0.311 e. The molecule has 0 unspecified atom stereocenters. The molecule has 0 bridgehead atoms. The summed E-state index contributed by atoms with van der Waals surface area (Å²) in [5.41, 5.74) is -0.629. The van der Waals surface area contributed by atoms with Crippen LogP contribution in [-0.4, -0.2) is 24.6 Å². The number of ether oxygens (including phenoxy) is 1. The van der Waals surface area contributed by atoms with Gasteiger partial charge in [-0.1, -0.05) is 41.5 Å². The average Bonchev–Trinajstić information content (AvgIpc) is 2.79. The van der Waals surface area contributed by atoms with Crippen molar-refractivity contribution in [1.29, 1.82) is 0 Å². The number of hydrogen-bond acceptors (Lipinski definition) is 4. The Morgan fingerprint density at radius 3 is 2.14 bits per heavy atom. The van der Waals surface area contributed by atoms with Gasteiger partial charge in [-0.2, -0.15) is 0 Å². The molecule has 5 aliphatic rings. The predicted octanol–water partition coefficient (Wildman–Crippen LogP) is 6.79. The maximum absolute atomic E-state index is 14.3. The van der Waals surface area contributed by atoms with Gasteiger partial charge in [0.05, 0.1) is 12.5 Å². The summed E-state index contributed by atoms with van der Waals surface area (Å²) in [5.74, 6) is 1.68. The van der Waals surface area contributed by atoms with Gasteiger partial charge in [-0.15, -0.1) is 0 Å². The lowest BCUT2D eigenvalue weighted by Crippen LogP contribution is -2.69. The Morgan fingerprint density at radius 1 is 0.829 bits per heavy atom. The number of carbonyl (C=O) groups excluding carboxylic acids is 3. The molecule has 0 aromatic rings. The van der Waals surface area contributed by atoms with Crippen molar-refractivity contribution in [3.63, 3.8) is 0 Å². The highest BCUT2D eigenvalue weighted by Crippen LogP contribution is 2.76. The molecule has 0 aromatic heterocycles. The molecule has 0 N–H and O–H groups in total. The van der Waals surface area contributed by atoms with Crippen LogP contribution in [-0.2, 0) is 19.1 Å². The standard InChI is InChI=1S/C31H48O4/c1-26(2)21-9-12-30(6)22(29(21,5)11-10-23(26)33)17-20(32)24-19-18-28(4,25(34)35-8)14-13-27(19,3)15-16-31(24,30)7/h19,21-22,24H,9-18H2,1-8H3/t19-,21-,22+,24-,27+,28-,29-,30+,31+/m0/s1. The van der Waals surface area contributed by atoms with Gasteiger partial charge >= 0.3 is 5.97 Å². The van der Waals surface area contributed by atoms with Crippen LogP contribution in [0.5, 0.6) is 0 Å². The molecule has 5 rings (SSSR count). The number of esters is 1. The van der Waals surface area contributed by atoms with Crippen molar-refractivity contribution >= 4 is 17.5 Å². The number of methoxy groups -OCH3 is 1. The van der Waals surface area contributed by atoms with Gasteiger partial charge in [0.1, 0.15) is 11.6 Å². The summed E-state index contributed by atoms with van der Waals surface area (Å²) in [6.07, 6.45) is 9.28. The second kappa shape index (κ2) is 7.44. The molecule has 9 atom stereocenters. The number of Topliss-reactive ketones (excluding diaryl/α,β-unsaturated/α-hetero) is 2. The molecule has 5 saturated carbocycles. The molecule has 0 aromatic carbocycles. The molecule has 4 heteroatoms. The zero-order chi connectivity index (χ0) is 25.8. The van der Waals surface area contributed by atoms with E-state index in [-0.39, 0.29) is 44.9 Å². The summed E-state index contributed by atoms with van der Waals surface area (Å²) in [6.45, 7) is 16.2. The van der Waals surface area contributed by atoms with E-state index in [4.69, 9.17) is 4.74 Å². The molecule has 5 aliphatic carbocycles. The third-order valence-electron chi connectivity index (χ3n) is 13.6. The van der Waals surface area contributed by atoms with Crippen molar-refractivity contribution in [2.75, 3.05) is 7.11 Å². The summed E-state index contributed by atoms with van der Waals surface area (Å²) < 4.78 is 5.25. The van der Waals surface area contributed by atoms with Crippen molar-refractivity contribution in [2.24, 2.45) is 56.2 Å². The SMILES string of the molecule is COC(=O)[C@@]1(C)CC[C@]2(C)CC[C@]3(C)[C@H](C(=O)C[C@@H]4[C@@]5(C)CCC(=O)C(C)(C)[C@@H]5CC[C@]43C)[C@@H]2C1. The van der Waals surface area contributed by atoms with Gasteiger partial charge in [-0.05, 0) is 97.7 Å². The molecule has 4 nitrogen and oxygen atoms in total. The fraction of sp³-hybridized carbons (Fsp3) is 0.903. The average molecular weight is 485 g/mol. The first kappa shape index (κ1) is 25.5. The first-order valence-electron chi connectivity index (χ1n) is 14.2. The van der Waals surface area contributed by atoms with Gasteiger partial charge in [0.25, 0.3) is 0 Å². The fourth-order valence-corrected chi connectivity index (χ4v) is 11.0. The van der Waals surface area contributed by atoms with Crippen LogP contribution in [0.25, 0.3) is 0 Å². The van der Waals surface area contributed by atoms with Crippen LogP contribution >= 0.6 is 0 Å². The first-order chi connectivity index (χ1) is 16.1. The van der Waals surface area contributed by atoms with Crippen LogP contribution < -0.4 is 0 Å². The summed E-state index contributed by atoms with van der Waals surface area (Å²) in [7, 11) is 1.50. The highest BCUT2D eigenvalue weighted by Gasteiger charge is 2.72. The van der Waals surface area contributed by atoms with Gasteiger partial charge in [0, 0.05) is 24.2 Å². The molecule has 0 spiro atoms. The third-order valence-corrected chi connectivity index (χ3v) is 13.6. The Balaban J connectivity index is 1.56. The van der Waals surface area contributed by atoms with Crippen LogP contribution in [0.2, 0.25) is 0 Å². The zero-order valence-electron chi connectivity index (χ0n) is 23.5. The molecule has 0 amide bonds. The smallest absolute Gasteiger partial charge is 0.311 e. The Bertz CT molecular complexity index is 967. The van der Waals surface area contributed by atoms with Crippen LogP contribution in [0.15, 0.2) is 0 Å². The van der Waals surface area contributed by atoms with Gasteiger partial charge in [-0.3, -0.25) is 14.4 Å². The van der Waals surface area contributed by atoms with Crippen molar-refractivity contribution in [3.05, 3.63) is 0 Å². The largest absolute Gasteiger partial charge is 0.469 e. The van der Waals surface area contributed by atoms with Crippen LogP contribution in [0.4, 0.5) is 0 Å². The van der Waals surface area contributed by atoms with Gasteiger partial charge in [-0.25, -0.2) is 0 Å². The van der Waals surface area contributed by atoms with E-state index in [0.717, 1.165) is 51.4 Å². The second-order valence-corrected chi connectivity index (χ2v) is 15.3. The van der Waals surface area contributed by atoms with Gasteiger partial charge in [0.2, 0.25) is 0 Å². The monoisotopic (exact) mass is 484 g/mol. The third kappa shape index (κ3) is 3.06. The number of ketones is 2. The predicted molar refractivity (Wildman–Crippen MR) is 136 cm³/mol. The van der Waals surface area contributed by atoms with E-state index in [1.807, 2.05) is 0 Å². The molecular formula is C31H48O4. The zero-order valence-corrected chi connectivity index (χ0v) is 23.5. The van der Waals surface area contributed by atoms with Gasteiger partial charge < -0.3 is 4.74 Å². The van der Waals surface area contributed by atoms with E-state index in [0.29, 0.717) is 36.2 Å². The number of hydrogen-bond donors (Lipinski definition) is 0. The van der Waals surface area contributed by atoms with Crippen molar-refractivity contribution in [1.82, 2.24) is 0 Å². The summed E-state index contributed by atoms with van der Waals surface area (Å²) in [4.78, 5) is 40.1. The minimum absolute atomic E-state index is 0.0187. The first-order valence-corrected chi connectivity index (χ1v) is 14.2. The molecular weight excluding hydrogens is 436 g/mol. The number of rotatable bonds is 1. The van der Waals surface area contributed by atoms with Crippen molar-refractivity contribution < 1.29 is 19.1 Å². The summed E-state index contributed by atoms with van der Waals surface area (Å²) in [6, 6.07) is 0. The lowest BCUT2D eigenvalue weighted by atomic mass is 9.31. The topological polar surface area (TPSA) is 60.4 Å². The molecule has 0 radical (unpaired) electrons. The molecule has 0 saturated heterocycles. The fourth-order valence-electron chi connectivity index (χ4n) is 11.0. The van der Waals surface area contributed by atoms with E-state index in [1.165, 1.54) is 7.11 Å². The maximum atomic E-state index is 14.3. The van der Waals surface area contributed by atoms with E-state index in [2.05, 4.69) is 48.5 Å². The molecule has 5 fully saturated rings. The van der Waals surface area contributed by atoms with Crippen molar-refractivity contribution in [3.8, 4) is 0 Å². The summed E-state index contributed by atoms with van der Waals surface area (Å²) in [5, 5.41) is 0. The lowest BCUT2D eigenvalue weighted by Gasteiger charge is -2.72. The van der Waals surface area contributed by atoms with E-state index in [9.17, 15) is 14.4 Å². The van der Waals surface area contributed by atoms with E-state index in [1.54, 1.807) is 0 Å². The quantitative estimate of drug-likeness (QED) is 0.385. The lowest BCUT2D eigenvalue weighted by molar-refractivity contribution is -0.233. The summed E-state index contributed by atoms with van der Waals surface area (Å²) >= 11 is 0. The number of carbonyl (C=O) groups is 3.